The molecule has 0 bridgehead atoms. The van der Waals surface area contributed by atoms with Crippen molar-refractivity contribution in [3.63, 3.8) is 0 Å². The van der Waals surface area contributed by atoms with Crippen molar-refractivity contribution < 1.29 is 22.4 Å². The number of halogens is 4. The molecule has 3 rings (SSSR count). The second kappa shape index (κ2) is 7.22. The first-order valence-electron chi connectivity index (χ1n) is 7.92. The van der Waals surface area contributed by atoms with Gasteiger partial charge in [-0.3, -0.25) is 4.79 Å². The highest BCUT2D eigenvalue weighted by molar-refractivity contribution is 6.02. The van der Waals surface area contributed by atoms with E-state index in [0.29, 0.717) is 5.82 Å². The number of carbonyl (C=O) groups excluding carboxylic acids is 1. The van der Waals surface area contributed by atoms with E-state index >= 15 is 0 Å². The number of piperidine rings is 1. The summed E-state index contributed by atoms with van der Waals surface area (Å²) in [4.78, 5) is 17.3. The molecule has 10 heteroatoms. The van der Waals surface area contributed by atoms with Crippen LogP contribution < -0.4 is 10.2 Å². The Morgan fingerprint density at radius 2 is 1.88 bits per heavy atom. The van der Waals surface area contributed by atoms with Crippen molar-refractivity contribution in [2.75, 3.05) is 23.3 Å². The highest BCUT2D eigenvalue weighted by Crippen LogP contribution is 2.34. The first-order valence-corrected chi connectivity index (χ1v) is 7.92. The normalized spacial score (nSPS) is 15.8. The van der Waals surface area contributed by atoms with Gasteiger partial charge >= 0.3 is 6.18 Å². The van der Waals surface area contributed by atoms with Gasteiger partial charge in [-0.15, -0.1) is 10.2 Å². The first-order chi connectivity index (χ1) is 12.3. The third-order valence-electron chi connectivity index (χ3n) is 4.15. The number of anilines is 2. The lowest BCUT2D eigenvalue weighted by molar-refractivity contribution is -0.179. The number of hydrogen-bond donors (Lipinski definition) is 1. The molecule has 138 valence electrons. The minimum atomic E-state index is -4.17. The summed E-state index contributed by atoms with van der Waals surface area (Å²) in [5.41, 5.74) is -0.368. The fraction of sp³-hybridized carbons (Fsp3) is 0.375. The quantitative estimate of drug-likeness (QED) is 0.842. The number of pyridine rings is 1. The first kappa shape index (κ1) is 18.0. The Labute approximate surface area is 146 Å². The third kappa shape index (κ3) is 4.06. The molecule has 2 aromatic rings. The molecular weight excluding hydrogens is 354 g/mol. The molecule has 1 aliphatic heterocycles. The highest BCUT2D eigenvalue weighted by Gasteiger charge is 2.41. The Hall–Kier alpha value is -2.78. The summed E-state index contributed by atoms with van der Waals surface area (Å²) in [6.07, 6.45) is -2.88. The summed E-state index contributed by atoms with van der Waals surface area (Å²) < 4.78 is 51.6. The van der Waals surface area contributed by atoms with Gasteiger partial charge in [-0.1, -0.05) is 0 Å². The van der Waals surface area contributed by atoms with E-state index in [1.165, 1.54) is 18.3 Å². The number of alkyl halides is 3. The number of nitrogens with zero attached hydrogens (tertiary/aromatic N) is 4. The molecule has 0 aliphatic carbocycles. The van der Waals surface area contributed by atoms with Crippen LogP contribution in [0.2, 0.25) is 0 Å². The lowest BCUT2D eigenvalue weighted by Crippen LogP contribution is -2.39. The Kier molecular flexibility index (Phi) is 5.01. The average Bonchev–Trinajstić information content (AvgIpc) is 2.62. The van der Waals surface area contributed by atoms with E-state index < -0.39 is 23.8 Å². The molecule has 0 radical (unpaired) electrons. The van der Waals surface area contributed by atoms with Crippen LogP contribution in [-0.4, -0.2) is 40.4 Å². The maximum atomic E-state index is 13.5. The standard InChI is InChI=1S/C16H15F4N5O/c17-11-2-1-7-21-14(11)15(26)22-12-3-4-13(24-23-12)25-8-5-10(6-9-25)16(18,19)20/h1-4,7,10H,5-6,8-9H2,(H,22,23,26). The van der Waals surface area contributed by atoms with Crippen molar-refractivity contribution in [1.29, 1.82) is 0 Å². The van der Waals surface area contributed by atoms with Crippen LogP contribution in [0.4, 0.5) is 29.2 Å². The van der Waals surface area contributed by atoms with E-state index in [9.17, 15) is 22.4 Å². The highest BCUT2D eigenvalue weighted by atomic mass is 19.4. The maximum Gasteiger partial charge on any atom is 0.391 e. The molecule has 1 fully saturated rings. The molecule has 0 saturated carbocycles. The lowest BCUT2D eigenvalue weighted by atomic mass is 9.96. The fourth-order valence-electron chi connectivity index (χ4n) is 2.72. The molecule has 1 saturated heterocycles. The molecule has 0 aromatic carbocycles. The van der Waals surface area contributed by atoms with Crippen molar-refractivity contribution >= 4 is 17.5 Å². The van der Waals surface area contributed by atoms with Crippen molar-refractivity contribution in [2.24, 2.45) is 5.92 Å². The Morgan fingerprint density at radius 1 is 1.15 bits per heavy atom. The number of nitrogens with one attached hydrogen (secondary N) is 1. The van der Waals surface area contributed by atoms with Crippen LogP contribution in [-0.2, 0) is 0 Å². The van der Waals surface area contributed by atoms with Crippen LogP contribution >= 0.6 is 0 Å². The van der Waals surface area contributed by atoms with Crippen molar-refractivity contribution in [3.8, 4) is 0 Å². The van der Waals surface area contributed by atoms with Crippen LogP contribution in [0.5, 0.6) is 0 Å². The number of amides is 1. The van der Waals surface area contributed by atoms with Crippen LogP contribution in [0.25, 0.3) is 0 Å². The van der Waals surface area contributed by atoms with Crippen LogP contribution in [0, 0.1) is 11.7 Å². The van der Waals surface area contributed by atoms with Gasteiger partial charge in [-0.05, 0) is 37.1 Å². The average molecular weight is 369 g/mol. The van der Waals surface area contributed by atoms with E-state index in [1.807, 2.05) is 0 Å². The zero-order valence-electron chi connectivity index (χ0n) is 13.5. The SMILES string of the molecule is O=C(Nc1ccc(N2CCC(C(F)(F)F)CC2)nn1)c1ncccc1F. The van der Waals surface area contributed by atoms with Gasteiger partial charge in [0.25, 0.3) is 5.91 Å². The summed E-state index contributed by atoms with van der Waals surface area (Å²) in [7, 11) is 0. The molecule has 1 aliphatic rings. The molecule has 0 atom stereocenters. The van der Waals surface area contributed by atoms with E-state index in [4.69, 9.17) is 0 Å². The lowest BCUT2D eigenvalue weighted by Gasteiger charge is -2.33. The Morgan fingerprint density at radius 3 is 2.46 bits per heavy atom. The number of hydrogen-bond acceptors (Lipinski definition) is 5. The Bertz CT molecular complexity index is 773. The minimum absolute atomic E-state index is 0.00260. The van der Waals surface area contributed by atoms with Gasteiger partial charge in [0, 0.05) is 19.3 Å². The van der Waals surface area contributed by atoms with Crippen LogP contribution in [0.1, 0.15) is 23.3 Å². The Balaban J connectivity index is 1.61. The van der Waals surface area contributed by atoms with Gasteiger partial charge in [-0.25, -0.2) is 9.37 Å². The van der Waals surface area contributed by atoms with E-state index in [1.54, 1.807) is 11.0 Å². The van der Waals surface area contributed by atoms with Crippen molar-refractivity contribution in [2.45, 2.75) is 19.0 Å². The molecule has 2 aromatic heterocycles. The topological polar surface area (TPSA) is 71.0 Å². The molecule has 26 heavy (non-hydrogen) atoms. The largest absolute Gasteiger partial charge is 0.391 e. The van der Waals surface area contributed by atoms with Crippen LogP contribution in [0.3, 0.4) is 0 Å². The third-order valence-corrected chi connectivity index (χ3v) is 4.15. The molecule has 1 N–H and O–H groups in total. The summed E-state index contributed by atoms with van der Waals surface area (Å²) in [5.74, 6) is -2.31. The predicted octanol–water partition coefficient (Wildman–Crippen LogP) is 3.04. The molecular formula is C16H15F4N5O. The zero-order chi connectivity index (χ0) is 18.7. The zero-order valence-corrected chi connectivity index (χ0v) is 13.5. The van der Waals surface area contributed by atoms with Gasteiger partial charge in [0.1, 0.15) is 0 Å². The van der Waals surface area contributed by atoms with Gasteiger partial charge in [0.15, 0.2) is 23.1 Å². The summed E-state index contributed by atoms with van der Waals surface area (Å²) >= 11 is 0. The van der Waals surface area contributed by atoms with E-state index in [2.05, 4.69) is 20.5 Å². The smallest absolute Gasteiger partial charge is 0.355 e. The summed E-state index contributed by atoms with van der Waals surface area (Å²) in [5, 5.41) is 10.1. The fourth-order valence-corrected chi connectivity index (χ4v) is 2.72. The van der Waals surface area contributed by atoms with Crippen LogP contribution in [0.15, 0.2) is 30.5 Å². The monoisotopic (exact) mass is 369 g/mol. The molecule has 3 heterocycles. The summed E-state index contributed by atoms with van der Waals surface area (Å²) in [6.45, 7) is 0.452. The van der Waals surface area contributed by atoms with Gasteiger partial charge < -0.3 is 10.2 Å². The maximum absolute atomic E-state index is 13.5. The molecule has 0 spiro atoms. The number of carbonyl (C=O) groups is 1. The molecule has 1 amide bonds. The van der Waals surface area contributed by atoms with E-state index in [0.717, 1.165) is 6.07 Å². The van der Waals surface area contributed by atoms with Gasteiger partial charge in [0.2, 0.25) is 0 Å². The van der Waals surface area contributed by atoms with Gasteiger partial charge in [-0.2, -0.15) is 13.2 Å². The second-order valence-electron chi connectivity index (χ2n) is 5.87. The summed E-state index contributed by atoms with van der Waals surface area (Å²) in [6, 6.07) is 5.48. The minimum Gasteiger partial charge on any atom is -0.355 e. The van der Waals surface area contributed by atoms with E-state index in [-0.39, 0.29) is 37.4 Å². The van der Waals surface area contributed by atoms with Crippen molar-refractivity contribution in [1.82, 2.24) is 15.2 Å². The molecule has 0 unspecified atom stereocenters. The number of rotatable bonds is 3. The second-order valence-corrected chi connectivity index (χ2v) is 5.87. The van der Waals surface area contributed by atoms with Crippen molar-refractivity contribution in [3.05, 3.63) is 42.0 Å². The number of aromatic nitrogens is 3. The molecule has 6 nitrogen and oxygen atoms in total. The predicted molar refractivity (Wildman–Crippen MR) is 85.2 cm³/mol. The van der Waals surface area contributed by atoms with Gasteiger partial charge in [0.05, 0.1) is 5.92 Å².